The second-order valence-corrected chi connectivity index (χ2v) is 13.0. The Bertz CT molecular complexity index is 1660. The molecule has 1 aliphatic rings. The average Bonchev–Trinajstić information content (AvgIpc) is 3.10. The highest BCUT2D eigenvalue weighted by molar-refractivity contribution is 6.02. The van der Waals surface area contributed by atoms with Crippen LogP contribution in [-0.2, 0) is 10.9 Å². The molecular formula is C37H45F4N5O6. The smallest absolute Gasteiger partial charge is 0.416 e. The zero-order chi connectivity index (χ0) is 38.0. The van der Waals surface area contributed by atoms with Crippen molar-refractivity contribution in [1.82, 2.24) is 9.80 Å². The van der Waals surface area contributed by atoms with Gasteiger partial charge < -0.3 is 40.3 Å². The number of benzene rings is 3. The molecule has 0 saturated carbocycles. The van der Waals surface area contributed by atoms with Crippen LogP contribution in [-0.4, -0.2) is 84.5 Å². The lowest BCUT2D eigenvalue weighted by atomic mass is 10.0. The van der Waals surface area contributed by atoms with E-state index >= 15 is 0 Å². The van der Waals surface area contributed by atoms with Gasteiger partial charge in [0.2, 0.25) is 0 Å². The Morgan fingerprint density at radius 3 is 2.23 bits per heavy atom. The maximum Gasteiger partial charge on any atom is 0.416 e. The molecule has 1 heterocycles. The van der Waals surface area contributed by atoms with Crippen LogP contribution >= 0.6 is 0 Å². The van der Waals surface area contributed by atoms with Gasteiger partial charge in [0.25, 0.3) is 5.91 Å². The number of carbonyl (C=O) groups is 3. The molecule has 15 heteroatoms. The standard InChI is InChI=1S/C37H45F4N5O6/c1-23-20-46(24(2)22-47)34(48)31-19-30(43-35(49)42-28-14-10-27(38)11-15-28)16-17-32(31)52-25(3)7-5-6-18-51-33(23)21-45(4)36(50)44-29-12-8-26(9-13-29)37(39,40)41/h8-17,19,23-25,33,47H,5-7,18,20-22H2,1-4H3,(H,44,50)(H2,42,43,49)/t23-,24-,25-,33-/m1/s1. The summed E-state index contributed by atoms with van der Waals surface area (Å²) < 4.78 is 64.8. The molecule has 0 aliphatic carbocycles. The van der Waals surface area contributed by atoms with Gasteiger partial charge >= 0.3 is 18.2 Å². The van der Waals surface area contributed by atoms with E-state index in [4.69, 9.17) is 9.47 Å². The number of halogens is 4. The fraction of sp³-hybridized carbons (Fsp3) is 0.432. The van der Waals surface area contributed by atoms with Gasteiger partial charge in [0.15, 0.2) is 0 Å². The van der Waals surface area contributed by atoms with E-state index < -0.39 is 47.7 Å². The predicted molar refractivity (Wildman–Crippen MR) is 189 cm³/mol. The van der Waals surface area contributed by atoms with Gasteiger partial charge in [-0.25, -0.2) is 14.0 Å². The van der Waals surface area contributed by atoms with Gasteiger partial charge in [-0.3, -0.25) is 4.79 Å². The molecule has 3 aromatic carbocycles. The molecule has 3 aromatic rings. The number of aliphatic hydroxyl groups is 1. The van der Waals surface area contributed by atoms with Crippen molar-refractivity contribution in [2.75, 3.05) is 49.3 Å². The second-order valence-electron chi connectivity index (χ2n) is 13.0. The van der Waals surface area contributed by atoms with Crippen molar-refractivity contribution in [3.63, 3.8) is 0 Å². The number of ether oxygens (including phenoxy) is 2. The van der Waals surface area contributed by atoms with Crippen LogP contribution in [0.3, 0.4) is 0 Å². The van der Waals surface area contributed by atoms with Crippen LogP contribution in [0.25, 0.3) is 0 Å². The maximum atomic E-state index is 14.3. The number of likely N-dealkylation sites (N-methyl/N-ethyl adjacent to an activating group) is 1. The molecule has 11 nitrogen and oxygen atoms in total. The summed E-state index contributed by atoms with van der Waals surface area (Å²) in [5, 5.41) is 18.1. The Morgan fingerprint density at radius 2 is 1.58 bits per heavy atom. The number of carbonyl (C=O) groups excluding carboxylic acids is 3. The van der Waals surface area contributed by atoms with Gasteiger partial charge in [-0.2, -0.15) is 13.2 Å². The van der Waals surface area contributed by atoms with Gasteiger partial charge in [0.05, 0.1) is 36.0 Å². The maximum absolute atomic E-state index is 14.3. The largest absolute Gasteiger partial charge is 0.490 e. The molecule has 0 unspecified atom stereocenters. The number of alkyl halides is 3. The van der Waals surface area contributed by atoms with Gasteiger partial charge in [-0.15, -0.1) is 0 Å². The number of nitrogens with one attached hydrogen (secondary N) is 3. The summed E-state index contributed by atoms with van der Waals surface area (Å²) in [6, 6.07) is 12.2. The summed E-state index contributed by atoms with van der Waals surface area (Å²) in [5.41, 5.74) is 0.162. The molecule has 4 atom stereocenters. The van der Waals surface area contributed by atoms with Gasteiger partial charge in [0.1, 0.15) is 11.6 Å². The third kappa shape index (κ3) is 11.3. The van der Waals surface area contributed by atoms with Crippen LogP contribution in [0.5, 0.6) is 5.75 Å². The van der Waals surface area contributed by atoms with Crippen LogP contribution in [0.4, 0.5) is 44.2 Å². The van der Waals surface area contributed by atoms with Crippen LogP contribution in [0.2, 0.25) is 0 Å². The first-order valence-electron chi connectivity index (χ1n) is 17.0. The first kappa shape index (κ1) is 39.9. The first-order valence-corrected chi connectivity index (χ1v) is 17.0. The van der Waals surface area contributed by atoms with E-state index in [-0.39, 0.29) is 48.7 Å². The number of hydrogen-bond donors (Lipinski definition) is 4. The molecule has 0 bridgehead atoms. The Morgan fingerprint density at radius 1 is 0.962 bits per heavy atom. The van der Waals surface area contributed by atoms with Crippen molar-refractivity contribution in [2.24, 2.45) is 5.92 Å². The molecule has 4 rings (SSSR count). The molecule has 282 valence electrons. The summed E-state index contributed by atoms with van der Waals surface area (Å²) in [4.78, 5) is 43.0. The van der Waals surface area contributed by atoms with E-state index in [9.17, 15) is 37.1 Å². The van der Waals surface area contributed by atoms with Gasteiger partial charge in [-0.1, -0.05) is 6.92 Å². The molecular weight excluding hydrogens is 686 g/mol. The van der Waals surface area contributed by atoms with Crippen LogP contribution in [0.1, 0.15) is 56.0 Å². The van der Waals surface area contributed by atoms with E-state index in [1.807, 2.05) is 13.8 Å². The van der Waals surface area contributed by atoms with Crippen molar-refractivity contribution in [1.29, 1.82) is 0 Å². The minimum atomic E-state index is -4.50. The zero-order valence-electron chi connectivity index (χ0n) is 29.5. The van der Waals surface area contributed by atoms with E-state index in [1.165, 1.54) is 59.3 Å². The van der Waals surface area contributed by atoms with Crippen molar-refractivity contribution in [2.45, 2.75) is 64.5 Å². The molecule has 0 radical (unpaired) electrons. The quantitative estimate of drug-likeness (QED) is 0.187. The summed E-state index contributed by atoms with van der Waals surface area (Å²) >= 11 is 0. The Hall–Kier alpha value is -4.89. The number of anilines is 3. The summed E-state index contributed by atoms with van der Waals surface area (Å²) in [6.45, 7) is 5.64. The third-order valence-corrected chi connectivity index (χ3v) is 8.68. The predicted octanol–water partition coefficient (Wildman–Crippen LogP) is 7.45. The fourth-order valence-electron chi connectivity index (χ4n) is 5.60. The first-order chi connectivity index (χ1) is 24.6. The van der Waals surface area contributed by atoms with Crippen LogP contribution < -0.4 is 20.7 Å². The normalized spacial score (nSPS) is 19.4. The highest BCUT2D eigenvalue weighted by Gasteiger charge is 2.32. The minimum Gasteiger partial charge on any atom is -0.490 e. The average molecular weight is 732 g/mol. The molecule has 0 aromatic heterocycles. The number of fused-ring (bicyclic) bond motifs is 1. The minimum absolute atomic E-state index is 0.0938. The highest BCUT2D eigenvalue weighted by Crippen LogP contribution is 2.31. The van der Waals surface area contributed by atoms with E-state index in [0.717, 1.165) is 18.6 Å². The molecule has 0 fully saturated rings. The van der Waals surface area contributed by atoms with Gasteiger partial charge in [-0.05, 0) is 99.8 Å². The molecule has 4 N–H and O–H groups in total. The number of hydrogen-bond acceptors (Lipinski definition) is 6. The molecule has 52 heavy (non-hydrogen) atoms. The molecule has 5 amide bonds. The summed E-state index contributed by atoms with van der Waals surface area (Å²) in [5.74, 6) is -0.988. The van der Waals surface area contributed by atoms with Crippen LogP contribution in [0.15, 0.2) is 66.7 Å². The topological polar surface area (TPSA) is 132 Å². The van der Waals surface area contributed by atoms with Gasteiger partial charge in [0, 0.05) is 49.7 Å². The Balaban J connectivity index is 1.55. The highest BCUT2D eigenvalue weighted by atomic mass is 19.4. The lowest BCUT2D eigenvalue weighted by Gasteiger charge is -2.35. The Kier molecular flexibility index (Phi) is 13.8. The van der Waals surface area contributed by atoms with E-state index in [2.05, 4.69) is 16.0 Å². The third-order valence-electron chi connectivity index (χ3n) is 8.68. The number of amides is 5. The van der Waals surface area contributed by atoms with Crippen molar-refractivity contribution < 1.29 is 46.5 Å². The lowest BCUT2D eigenvalue weighted by molar-refractivity contribution is -0.137. The monoisotopic (exact) mass is 731 g/mol. The molecule has 0 spiro atoms. The van der Waals surface area contributed by atoms with Crippen molar-refractivity contribution in [3.05, 3.63) is 83.7 Å². The lowest BCUT2D eigenvalue weighted by Crippen LogP contribution is -2.48. The number of rotatable bonds is 7. The van der Waals surface area contributed by atoms with Crippen LogP contribution in [0, 0.1) is 11.7 Å². The fourth-order valence-corrected chi connectivity index (χ4v) is 5.60. The number of urea groups is 2. The number of aliphatic hydroxyl groups excluding tert-OH is 1. The van der Waals surface area contributed by atoms with E-state index in [1.54, 1.807) is 19.1 Å². The number of nitrogens with zero attached hydrogens (tertiary/aromatic N) is 2. The summed E-state index contributed by atoms with van der Waals surface area (Å²) in [7, 11) is 1.54. The molecule has 0 saturated heterocycles. The summed E-state index contributed by atoms with van der Waals surface area (Å²) in [6.07, 6.45) is -3.28. The SMILES string of the molecule is C[C@@H]1CCCCO[C@H](CN(C)C(=O)Nc2ccc(C(F)(F)F)cc2)[C@H](C)CN([C@H](C)CO)C(=O)c2cc(NC(=O)Nc3ccc(F)cc3)ccc2O1. The van der Waals surface area contributed by atoms with E-state index in [0.29, 0.717) is 30.9 Å². The van der Waals surface area contributed by atoms with Crippen molar-refractivity contribution in [3.8, 4) is 5.75 Å². The van der Waals surface area contributed by atoms with Crippen molar-refractivity contribution >= 4 is 35.0 Å². The Labute approximate surface area is 300 Å². The zero-order valence-corrected chi connectivity index (χ0v) is 29.5. The second kappa shape index (κ2) is 18.0. The molecule has 1 aliphatic heterocycles.